The van der Waals surface area contributed by atoms with Gasteiger partial charge in [-0.1, -0.05) is 11.6 Å². The molecule has 3 nitrogen and oxygen atoms in total. The molecule has 0 fully saturated rings. The molecule has 13 heavy (non-hydrogen) atoms. The Labute approximate surface area is 81.2 Å². The number of methoxy groups -OCH3 is 1. The van der Waals surface area contributed by atoms with Gasteiger partial charge in [0, 0.05) is 18.4 Å². The lowest BCUT2D eigenvalue weighted by Gasteiger charge is -2.05. The number of esters is 1. The molecule has 1 atom stereocenters. The fourth-order valence-electron chi connectivity index (χ4n) is 1.78. The molecular weight excluding hydrogens is 190 g/mol. The molecule has 0 N–H and O–H groups in total. The first kappa shape index (κ1) is 8.63. The standard InChI is InChI=1S/C9H10ClNO2/c1-13-9(12)7-2-3-11-5-6(10)4-8(7)11/h4-5,7H,2-3H2,1H3. The molecule has 0 amide bonds. The first-order chi connectivity index (χ1) is 6.22. The second kappa shape index (κ2) is 3.07. The van der Waals surface area contributed by atoms with Crippen LogP contribution in [0.2, 0.25) is 5.02 Å². The highest BCUT2D eigenvalue weighted by Crippen LogP contribution is 2.32. The van der Waals surface area contributed by atoms with Crippen LogP contribution < -0.4 is 0 Å². The van der Waals surface area contributed by atoms with E-state index in [4.69, 9.17) is 16.3 Å². The molecule has 0 radical (unpaired) electrons. The first-order valence-corrected chi connectivity index (χ1v) is 4.53. The number of aryl methyl sites for hydroxylation is 1. The minimum atomic E-state index is -0.173. The van der Waals surface area contributed by atoms with E-state index in [9.17, 15) is 4.79 Å². The van der Waals surface area contributed by atoms with Crippen molar-refractivity contribution in [3.63, 3.8) is 0 Å². The van der Waals surface area contributed by atoms with Gasteiger partial charge in [-0.3, -0.25) is 4.79 Å². The maximum atomic E-state index is 11.3. The zero-order valence-corrected chi connectivity index (χ0v) is 8.04. The van der Waals surface area contributed by atoms with Crippen LogP contribution in [-0.2, 0) is 16.1 Å². The zero-order chi connectivity index (χ0) is 9.42. The number of aromatic nitrogens is 1. The Kier molecular flexibility index (Phi) is 2.04. The molecule has 2 heterocycles. The highest BCUT2D eigenvalue weighted by atomic mass is 35.5. The van der Waals surface area contributed by atoms with E-state index in [0.717, 1.165) is 18.7 Å². The monoisotopic (exact) mass is 199 g/mol. The Morgan fingerprint density at radius 1 is 1.77 bits per heavy atom. The van der Waals surface area contributed by atoms with Crippen molar-refractivity contribution in [1.29, 1.82) is 0 Å². The summed E-state index contributed by atoms with van der Waals surface area (Å²) < 4.78 is 6.71. The summed E-state index contributed by atoms with van der Waals surface area (Å²) in [6.07, 6.45) is 2.67. The maximum absolute atomic E-state index is 11.3. The van der Waals surface area contributed by atoms with Crippen LogP contribution >= 0.6 is 11.6 Å². The molecule has 1 aliphatic rings. The topological polar surface area (TPSA) is 31.2 Å². The number of hydrogen-bond acceptors (Lipinski definition) is 2. The molecule has 1 aromatic heterocycles. The predicted molar refractivity (Wildman–Crippen MR) is 48.8 cm³/mol. The largest absolute Gasteiger partial charge is 0.469 e. The molecule has 0 spiro atoms. The van der Waals surface area contributed by atoms with Gasteiger partial charge in [-0.2, -0.15) is 0 Å². The van der Waals surface area contributed by atoms with Gasteiger partial charge < -0.3 is 9.30 Å². The summed E-state index contributed by atoms with van der Waals surface area (Å²) in [5, 5.41) is 0.684. The Hall–Kier alpha value is -0.960. The van der Waals surface area contributed by atoms with Crippen LogP contribution in [0.4, 0.5) is 0 Å². The summed E-state index contributed by atoms with van der Waals surface area (Å²) in [6.45, 7) is 0.849. The van der Waals surface area contributed by atoms with Crippen molar-refractivity contribution >= 4 is 17.6 Å². The smallest absolute Gasteiger partial charge is 0.314 e. The Bertz CT molecular complexity index is 345. The minimum absolute atomic E-state index is 0.127. The fourth-order valence-corrected chi connectivity index (χ4v) is 2.01. The van der Waals surface area contributed by atoms with E-state index >= 15 is 0 Å². The Morgan fingerprint density at radius 3 is 3.23 bits per heavy atom. The van der Waals surface area contributed by atoms with Gasteiger partial charge in [0.1, 0.15) is 0 Å². The number of hydrogen-bond donors (Lipinski definition) is 0. The SMILES string of the molecule is COC(=O)C1CCn2cc(Cl)cc21. The molecule has 0 aromatic carbocycles. The van der Waals surface area contributed by atoms with Crippen molar-refractivity contribution in [2.24, 2.45) is 0 Å². The van der Waals surface area contributed by atoms with Crippen molar-refractivity contribution in [2.45, 2.75) is 18.9 Å². The van der Waals surface area contributed by atoms with Gasteiger partial charge in [-0.15, -0.1) is 0 Å². The zero-order valence-electron chi connectivity index (χ0n) is 7.29. The average molecular weight is 200 g/mol. The number of fused-ring (bicyclic) bond motifs is 1. The molecule has 0 bridgehead atoms. The van der Waals surface area contributed by atoms with Crippen molar-refractivity contribution < 1.29 is 9.53 Å². The van der Waals surface area contributed by atoms with Crippen LogP contribution in [0.5, 0.6) is 0 Å². The van der Waals surface area contributed by atoms with Crippen LogP contribution in [0.3, 0.4) is 0 Å². The van der Waals surface area contributed by atoms with Crippen LogP contribution in [0, 0.1) is 0 Å². The predicted octanol–water partition coefficient (Wildman–Crippen LogP) is 1.80. The lowest BCUT2D eigenvalue weighted by Crippen LogP contribution is -2.11. The molecule has 2 rings (SSSR count). The third-order valence-corrected chi connectivity index (χ3v) is 2.60. The summed E-state index contributed by atoms with van der Waals surface area (Å²) in [4.78, 5) is 11.3. The molecule has 1 aromatic rings. The van der Waals surface area contributed by atoms with E-state index in [1.807, 2.05) is 16.8 Å². The second-order valence-electron chi connectivity index (χ2n) is 3.14. The van der Waals surface area contributed by atoms with Gasteiger partial charge in [-0.05, 0) is 12.5 Å². The molecule has 70 valence electrons. The van der Waals surface area contributed by atoms with E-state index in [2.05, 4.69) is 0 Å². The van der Waals surface area contributed by atoms with Crippen molar-refractivity contribution in [2.75, 3.05) is 7.11 Å². The molecule has 4 heteroatoms. The number of carbonyl (C=O) groups excluding carboxylic acids is 1. The van der Waals surface area contributed by atoms with E-state index in [0.29, 0.717) is 5.02 Å². The number of nitrogens with zero attached hydrogens (tertiary/aromatic N) is 1. The molecular formula is C9H10ClNO2. The lowest BCUT2D eigenvalue weighted by molar-refractivity contribution is -0.142. The quantitative estimate of drug-likeness (QED) is 0.646. The van der Waals surface area contributed by atoms with Crippen molar-refractivity contribution in [3.05, 3.63) is 23.0 Å². The van der Waals surface area contributed by atoms with E-state index in [1.54, 1.807) is 0 Å². The molecule has 0 aliphatic carbocycles. The van der Waals surface area contributed by atoms with E-state index in [1.165, 1.54) is 7.11 Å². The first-order valence-electron chi connectivity index (χ1n) is 4.16. The number of rotatable bonds is 1. The third kappa shape index (κ3) is 1.33. The van der Waals surface area contributed by atoms with Gasteiger partial charge in [0.25, 0.3) is 0 Å². The average Bonchev–Trinajstić information content (AvgIpc) is 2.61. The second-order valence-corrected chi connectivity index (χ2v) is 3.58. The highest BCUT2D eigenvalue weighted by Gasteiger charge is 2.29. The van der Waals surface area contributed by atoms with Gasteiger partial charge in [0.15, 0.2) is 0 Å². The van der Waals surface area contributed by atoms with Crippen LogP contribution in [0.15, 0.2) is 12.3 Å². The van der Waals surface area contributed by atoms with Crippen molar-refractivity contribution in [3.8, 4) is 0 Å². The van der Waals surface area contributed by atoms with Gasteiger partial charge in [0.2, 0.25) is 0 Å². The lowest BCUT2D eigenvalue weighted by atomic mass is 10.1. The summed E-state index contributed by atoms with van der Waals surface area (Å²) in [6, 6.07) is 1.83. The van der Waals surface area contributed by atoms with Gasteiger partial charge in [0.05, 0.1) is 18.1 Å². The molecule has 0 saturated heterocycles. The van der Waals surface area contributed by atoms with E-state index < -0.39 is 0 Å². The minimum Gasteiger partial charge on any atom is -0.469 e. The van der Waals surface area contributed by atoms with Gasteiger partial charge >= 0.3 is 5.97 Å². The van der Waals surface area contributed by atoms with E-state index in [-0.39, 0.29) is 11.9 Å². The van der Waals surface area contributed by atoms with Gasteiger partial charge in [-0.25, -0.2) is 0 Å². The summed E-state index contributed by atoms with van der Waals surface area (Å²) in [7, 11) is 1.41. The van der Waals surface area contributed by atoms with Crippen LogP contribution in [0.1, 0.15) is 18.0 Å². The third-order valence-electron chi connectivity index (χ3n) is 2.40. The van der Waals surface area contributed by atoms with Crippen LogP contribution in [0.25, 0.3) is 0 Å². The summed E-state index contributed by atoms with van der Waals surface area (Å²) in [5.41, 5.74) is 0.969. The number of carbonyl (C=O) groups is 1. The number of halogens is 1. The maximum Gasteiger partial charge on any atom is 0.314 e. The summed E-state index contributed by atoms with van der Waals surface area (Å²) >= 11 is 5.82. The Morgan fingerprint density at radius 2 is 2.54 bits per heavy atom. The highest BCUT2D eigenvalue weighted by molar-refractivity contribution is 6.30. The molecule has 0 saturated carbocycles. The fraction of sp³-hybridized carbons (Fsp3) is 0.444. The van der Waals surface area contributed by atoms with Crippen LogP contribution in [-0.4, -0.2) is 17.6 Å². The molecule has 1 unspecified atom stereocenters. The van der Waals surface area contributed by atoms with Crippen molar-refractivity contribution in [1.82, 2.24) is 4.57 Å². The molecule has 1 aliphatic heterocycles. The summed E-state index contributed by atoms with van der Waals surface area (Å²) in [5.74, 6) is -0.300. The number of ether oxygens (including phenoxy) is 1. The Balaban J connectivity index is 2.32. The normalized spacial score (nSPS) is 20.0.